The van der Waals surface area contributed by atoms with Crippen LogP contribution in [-0.2, 0) is 14.5 Å². The van der Waals surface area contributed by atoms with Crippen LogP contribution in [0.3, 0.4) is 0 Å². The number of hydrogen-bond acceptors (Lipinski definition) is 3. The molecule has 2 aromatic carbocycles. The second kappa shape index (κ2) is 26.5. The predicted molar refractivity (Wildman–Crippen MR) is 208 cm³/mol. The molecular formula is C43H73O3P. The van der Waals surface area contributed by atoms with Crippen molar-refractivity contribution in [3.05, 3.63) is 53.6 Å². The maximum Gasteiger partial charge on any atom is 0.397 e. The van der Waals surface area contributed by atoms with Gasteiger partial charge in [0.25, 0.3) is 0 Å². The molecule has 0 unspecified atom stereocenters. The van der Waals surface area contributed by atoms with Crippen molar-refractivity contribution >= 4 is 8.60 Å². The highest BCUT2D eigenvalue weighted by molar-refractivity contribution is 7.42. The lowest BCUT2D eigenvalue weighted by atomic mass is 9.81. The molecule has 268 valence electrons. The molecule has 0 amide bonds. The van der Waals surface area contributed by atoms with Crippen molar-refractivity contribution in [1.29, 1.82) is 0 Å². The third-order valence-electron chi connectivity index (χ3n) is 9.22. The van der Waals surface area contributed by atoms with E-state index in [4.69, 9.17) is 13.6 Å². The molecule has 0 atom stereocenters. The number of unbranched alkanes of at least 4 members (excludes halogenated alkanes) is 20. The van der Waals surface area contributed by atoms with Crippen LogP contribution in [0.2, 0.25) is 0 Å². The van der Waals surface area contributed by atoms with Crippen LogP contribution in [0, 0.1) is 6.92 Å². The van der Waals surface area contributed by atoms with Crippen LogP contribution in [-0.4, -0.2) is 13.2 Å². The van der Waals surface area contributed by atoms with Gasteiger partial charge >= 0.3 is 8.60 Å². The first-order valence-electron chi connectivity index (χ1n) is 19.8. The Bertz CT molecular complexity index is 985. The van der Waals surface area contributed by atoms with E-state index in [9.17, 15) is 0 Å². The molecule has 0 aliphatic rings. The lowest BCUT2D eigenvalue weighted by molar-refractivity contribution is 0.198. The zero-order chi connectivity index (χ0) is 34.0. The van der Waals surface area contributed by atoms with E-state index < -0.39 is 8.60 Å². The number of benzene rings is 2. The van der Waals surface area contributed by atoms with Crippen LogP contribution < -0.4 is 4.52 Å². The molecule has 0 fully saturated rings. The first-order valence-corrected chi connectivity index (χ1v) is 20.9. The van der Waals surface area contributed by atoms with Crippen molar-refractivity contribution in [2.45, 2.75) is 188 Å². The molecule has 0 aliphatic heterocycles. The third kappa shape index (κ3) is 20.0. The second-order valence-electron chi connectivity index (χ2n) is 14.9. The van der Waals surface area contributed by atoms with E-state index in [1.54, 1.807) is 0 Å². The Kier molecular flexibility index (Phi) is 23.5. The van der Waals surface area contributed by atoms with E-state index in [0.29, 0.717) is 13.2 Å². The molecule has 0 spiro atoms. The molecule has 0 bridgehead atoms. The van der Waals surface area contributed by atoms with Gasteiger partial charge in [0.1, 0.15) is 5.75 Å². The highest BCUT2D eigenvalue weighted by atomic mass is 31.2. The van der Waals surface area contributed by atoms with Gasteiger partial charge in [0.2, 0.25) is 0 Å². The highest BCUT2D eigenvalue weighted by Gasteiger charge is 2.20. The molecule has 3 nitrogen and oxygen atoms in total. The molecule has 0 radical (unpaired) electrons. The van der Waals surface area contributed by atoms with E-state index in [1.807, 2.05) is 0 Å². The topological polar surface area (TPSA) is 27.7 Å². The minimum absolute atomic E-state index is 0.0801. The highest BCUT2D eigenvalue weighted by Crippen LogP contribution is 2.42. The van der Waals surface area contributed by atoms with Crippen molar-refractivity contribution in [3.63, 3.8) is 0 Å². The van der Waals surface area contributed by atoms with Gasteiger partial charge in [-0.3, -0.25) is 0 Å². The molecule has 0 saturated carbocycles. The van der Waals surface area contributed by atoms with Crippen molar-refractivity contribution in [2.24, 2.45) is 0 Å². The van der Waals surface area contributed by atoms with Gasteiger partial charge < -0.3 is 13.6 Å². The van der Waals surface area contributed by atoms with Crippen molar-refractivity contribution in [3.8, 4) is 16.9 Å². The molecule has 2 aromatic rings. The average molecular weight is 669 g/mol. The number of hydrogen-bond donors (Lipinski definition) is 0. The summed E-state index contributed by atoms with van der Waals surface area (Å²) >= 11 is 0. The first kappa shape index (κ1) is 41.8. The van der Waals surface area contributed by atoms with E-state index in [1.165, 1.54) is 151 Å². The van der Waals surface area contributed by atoms with Crippen LogP contribution in [0.25, 0.3) is 11.1 Å². The Morgan fingerprint density at radius 1 is 0.511 bits per heavy atom. The van der Waals surface area contributed by atoms with Gasteiger partial charge in [-0.1, -0.05) is 199 Å². The van der Waals surface area contributed by atoms with Gasteiger partial charge in [0, 0.05) is 0 Å². The Morgan fingerprint density at radius 3 is 1.32 bits per heavy atom. The van der Waals surface area contributed by atoms with Crippen LogP contribution in [0.1, 0.15) is 187 Å². The van der Waals surface area contributed by atoms with Crippen LogP contribution in [0.15, 0.2) is 42.5 Å². The molecule has 4 heteroatoms. The van der Waals surface area contributed by atoms with Gasteiger partial charge in [0.15, 0.2) is 0 Å². The quantitative estimate of drug-likeness (QED) is 0.0638. The van der Waals surface area contributed by atoms with Gasteiger partial charge in [-0.05, 0) is 54.0 Å². The standard InChI is InChI=1S/C43H73O3P/c1-7-9-11-13-15-17-19-21-23-25-27-35-44-47(45-36-28-26-24-22-20-18-16-14-12-10-8-2)46-40-32-30-39(31-33-40)41-37-38(3)29-34-42(41)43(4,5)6/h29-34,37H,7-28,35-36H2,1-6H3. The Morgan fingerprint density at radius 2 is 0.915 bits per heavy atom. The molecule has 0 heterocycles. The third-order valence-corrected chi connectivity index (χ3v) is 10.4. The maximum absolute atomic E-state index is 6.35. The van der Waals surface area contributed by atoms with E-state index in [0.717, 1.165) is 18.6 Å². The predicted octanol–water partition coefficient (Wildman–Crippen LogP) is 15.2. The van der Waals surface area contributed by atoms with E-state index in [-0.39, 0.29) is 5.41 Å². The summed E-state index contributed by atoms with van der Waals surface area (Å²) < 4.78 is 18.8. The fourth-order valence-electron chi connectivity index (χ4n) is 6.23. The Hall–Kier alpha value is -1.41. The fourth-order valence-corrected chi connectivity index (χ4v) is 7.26. The minimum Gasteiger partial charge on any atom is -0.427 e. The van der Waals surface area contributed by atoms with Gasteiger partial charge in [-0.25, -0.2) is 0 Å². The molecule has 2 rings (SSSR count). The summed E-state index contributed by atoms with van der Waals surface area (Å²) in [5.41, 5.74) is 5.25. The van der Waals surface area contributed by atoms with Crippen LogP contribution in [0.4, 0.5) is 0 Å². The van der Waals surface area contributed by atoms with E-state index >= 15 is 0 Å². The lowest BCUT2D eigenvalue weighted by Gasteiger charge is -2.24. The number of aryl methyl sites for hydroxylation is 1. The first-order chi connectivity index (χ1) is 22.8. The Balaban J connectivity index is 1.80. The summed E-state index contributed by atoms with van der Waals surface area (Å²) in [6.45, 7) is 15.0. The van der Waals surface area contributed by atoms with Crippen molar-refractivity contribution < 1.29 is 13.6 Å². The summed E-state index contributed by atoms with van der Waals surface area (Å²) in [7, 11) is -1.41. The summed E-state index contributed by atoms with van der Waals surface area (Å²) in [6.07, 6.45) is 29.3. The summed E-state index contributed by atoms with van der Waals surface area (Å²) in [5, 5.41) is 0. The molecule has 0 saturated heterocycles. The zero-order valence-electron chi connectivity index (χ0n) is 31.7. The fraction of sp³-hybridized carbons (Fsp3) is 0.721. The van der Waals surface area contributed by atoms with Crippen LogP contribution in [0.5, 0.6) is 5.75 Å². The molecule has 47 heavy (non-hydrogen) atoms. The largest absolute Gasteiger partial charge is 0.427 e. The van der Waals surface area contributed by atoms with Crippen molar-refractivity contribution in [1.82, 2.24) is 0 Å². The van der Waals surface area contributed by atoms with Gasteiger partial charge in [0.05, 0.1) is 13.2 Å². The minimum atomic E-state index is -1.41. The molecule has 0 aromatic heterocycles. The maximum atomic E-state index is 6.35. The monoisotopic (exact) mass is 669 g/mol. The average Bonchev–Trinajstić information content (AvgIpc) is 3.05. The lowest BCUT2D eigenvalue weighted by Crippen LogP contribution is -2.12. The van der Waals surface area contributed by atoms with Crippen LogP contribution >= 0.6 is 8.60 Å². The van der Waals surface area contributed by atoms with Gasteiger partial charge in [-0.2, -0.15) is 0 Å². The second-order valence-corrected chi connectivity index (χ2v) is 16.0. The van der Waals surface area contributed by atoms with Crippen molar-refractivity contribution in [2.75, 3.05) is 13.2 Å². The normalized spacial score (nSPS) is 11.9. The summed E-state index contributed by atoms with van der Waals surface area (Å²) in [4.78, 5) is 0. The SMILES string of the molecule is CCCCCCCCCCCCCOP(OCCCCCCCCCCCCC)Oc1ccc(-c2cc(C)ccc2C(C)(C)C)cc1. The van der Waals surface area contributed by atoms with Gasteiger partial charge in [-0.15, -0.1) is 0 Å². The smallest absolute Gasteiger partial charge is 0.397 e. The van der Waals surface area contributed by atoms with E-state index in [2.05, 4.69) is 84.0 Å². The molecular weight excluding hydrogens is 595 g/mol. The zero-order valence-corrected chi connectivity index (χ0v) is 32.6. The molecule has 0 N–H and O–H groups in total. The number of rotatable bonds is 29. The summed E-state index contributed by atoms with van der Waals surface area (Å²) in [6, 6.07) is 15.3. The molecule has 0 aliphatic carbocycles. The Labute approximate surface area is 293 Å². The summed E-state index contributed by atoms with van der Waals surface area (Å²) in [5.74, 6) is 0.822.